The second kappa shape index (κ2) is 7.92. The third kappa shape index (κ3) is 3.51. The first-order valence-electron chi connectivity index (χ1n) is 9.19. The topological polar surface area (TPSA) is 111 Å². The molecular formula is C20H22FN3O4. The highest BCUT2D eigenvalue weighted by Crippen LogP contribution is 2.31. The van der Waals surface area contributed by atoms with Crippen molar-refractivity contribution in [1.82, 2.24) is 15.0 Å². The smallest absolute Gasteiger partial charge is 0.141 e. The molecule has 0 bridgehead atoms. The van der Waals surface area contributed by atoms with Gasteiger partial charge in [0.25, 0.3) is 0 Å². The summed E-state index contributed by atoms with van der Waals surface area (Å²) in [5.41, 5.74) is 4.47. The van der Waals surface area contributed by atoms with Crippen molar-refractivity contribution >= 4 is 11.0 Å². The second-order valence-corrected chi connectivity index (χ2v) is 7.02. The fourth-order valence-corrected chi connectivity index (χ4v) is 3.53. The summed E-state index contributed by atoms with van der Waals surface area (Å²) in [5, 5.41) is 30.0. The van der Waals surface area contributed by atoms with E-state index in [1.165, 1.54) is 17.5 Å². The first-order chi connectivity index (χ1) is 13.6. The second-order valence-electron chi connectivity index (χ2n) is 7.02. The van der Waals surface area contributed by atoms with Crippen molar-refractivity contribution in [3.63, 3.8) is 0 Å². The summed E-state index contributed by atoms with van der Waals surface area (Å²) in [7, 11) is 0. The molecule has 3 heterocycles. The van der Waals surface area contributed by atoms with Gasteiger partial charge in [0.05, 0.1) is 12.3 Å². The van der Waals surface area contributed by atoms with E-state index in [9.17, 15) is 19.7 Å². The number of benzene rings is 1. The summed E-state index contributed by atoms with van der Waals surface area (Å²) < 4.78 is 17.5. The minimum absolute atomic E-state index is 0.0772. The molecule has 0 saturated carbocycles. The van der Waals surface area contributed by atoms with Crippen LogP contribution in [0.15, 0.2) is 36.8 Å². The highest BCUT2D eigenvalue weighted by molar-refractivity contribution is 5.77. The van der Waals surface area contributed by atoms with E-state index in [4.69, 9.17) is 4.74 Å². The van der Waals surface area contributed by atoms with Crippen LogP contribution in [-0.4, -0.2) is 55.2 Å². The Kier molecular flexibility index (Phi) is 5.36. The van der Waals surface area contributed by atoms with E-state index < -0.39 is 31.1 Å². The van der Waals surface area contributed by atoms with Gasteiger partial charge < -0.3 is 25.0 Å². The van der Waals surface area contributed by atoms with Crippen LogP contribution in [-0.2, 0) is 24.3 Å². The Morgan fingerprint density at radius 1 is 1.18 bits per heavy atom. The summed E-state index contributed by atoms with van der Waals surface area (Å²) in [5.74, 6) is 0. The molecule has 0 amide bonds. The van der Waals surface area contributed by atoms with Crippen LogP contribution in [0.25, 0.3) is 11.0 Å². The number of halogens is 1. The van der Waals surface area contributed by atoms with Crippen LogP contribution >= 0.6 is 0 Å². The number of H-pyrrole nitrogens is 1. The Morgan fingerprint density at radius 2 is 2.00 bits per heavy atom. The zero-order chi connectivity index (χ0) is 19.7. The molecule has 1 aromatic carbocycles. The molecule has 4 unspecified atom stereocenters. The average molecular weight is 387 g/mol. The van der Waals surface area contributed by atoms with Crippen LogP contribution in [0.2, 0.25) is 0 Å². The van der Waals surface area contributed by atoms with Crippen LogP contribution in [0.1, 0.15) is 28.5 Å². The van der Waals surface area contributed by atoms with Crippen LogP contribution in [0.5, 0.6) is 0 Å². The highest BCUT2D eigenvalue weighted by Gasteiger charge is 2.39. The van der Waals surface area contributed by atoms with Crippen molar-refractivity contribution in [3.8, 4) is 0 Å². The molecule has 2 aromatic heterocycles. The van der Waals surface area contributed by atoms with E-state index in [0.29, 0.717) is 11.3 Å². The van der Waals surface area contributed by atoms with Crippen LogP contribution in [0.3, 0.4) is 0 Å². The molecule has 3 aromatic rings. The van der Waals surface area contributed by atoms with Crippen LogP contribution in [0, 0.1) is 0 Å². The Morgan fingerprint density at radius 3 is 2.64 bits per heavy atom. The van der Waals surface area contributed by atoms with Crippen molar-refractivity contribution in [2.24, 2.45) is 0 Å². The number of aromatic amines is 1. The van der Waals surface area contributed by atoms with Crippen molar-refractivity contribution in [1.29, 1.82) is 0 Å². The SMILES string of the molecule is FCc1ncnc2[nH]ccc12.OC1COC(C(O)c2ccc3c(c2)CC3)C1O. The monoisotopic (exact) mass is 387 g/mol. The Labute approximate surface area is 160 Å². The summed E-state index contributed by atoms with van der Waals surface area (Å²) >= 11 is 0. The first kappa shape index (κ1) is 18.9. The third-order valence-electron chi connectivity index (χ3n) is 5.30. The van der Waals surface area contributed by atoms with E-state index in [2.05, 4.69) is 15.0 Å². The summed E-state index contributed by atoms with van der Waals surface area (Å²) in [6.45, 7) is -0.468. The number of aryl methyl sites for hydroxylation is 2. The lowest BCUT2D eigenvalue weighted by molar-refractivity contribution is -0.0520. The molecule has 28 heavy (non-hydrogen) atoms. The number of ether oxygens (including phenoxy) is 1. The number of hydrogen-bond donors (Lipinski definition) is 4. The van der Waals surface area contributed by atoms with Gasteiger partial charge in [0.1, 0.15) is 43.1 Å². The average Bonchev–Trinajstić information content (AvgIpc) is 3.30. The van der Waals surface area contributed by atoms with E-state index in [1.54, 1.807) is 12.3 Å². The predicted octanol–water partition coefficient (Wildman–Crippen LogP) is 1.37. The van der Waals surface area contributed by atoms with Crippen molar-refractivity contribution < 1.29 is 24.4 Å². The molecule has 1 aliphatic heterocycles. The van der Waals surface area contributed by atoms with Gasteiger partial charge in [0, 0.05) is 11.6 Å². The number of aliphatic hydroxyl groups is 3. The minimum Gasteiger partial charge on any atom is -0.388 e. The lowest BCUT2D eigenvalue weighted by Crippen LogP contribution is -2.34. The summed E-state index contributed by atoms with van der Waals surface area (Å²) in [6.07, 6.45) is 1.69. The Hall–Kier alpha value is -2.39. The third-order valence-corrected chi connectivity index (χ3v) is 5.30. The van der Waals surface area contributed by atoms with Gasteiger partial charge in [-0.3, -0.25) is 0 Å². The van der Waals surface area contributed by atoms with Gasteiger partial charge in [-0.1, -0.05) is 18.2 Å². The maximum absolute atomic E-state index is 12.2. The molecule has 7 nitrogen and oxygen atoms in total. The first-order valence-corrected chi connectivity index (χ1v) is 9.19. The zero-order valence-corrected chi connectivity index (χ0v) is 15.1. The lowest BCUT2D eigenvalue weighted by atomic mass is 9.85. The standard InChI is InChI=1S/C13H16O4.C7H6FN3/c14-10-6-17-13(12(10)16)11(15)9-4-2-7-1-3-8(7)5-9;8-3-6-5-1-2-9-7(5)11-4-10-6/h2,4-5,10-16H,1,3,6H2;1-2,4H,3H2,(H,9,10,11). The van der Waals surface area contributed by atoms with E-state index in [0.717, 1.165) is 23.8 Å². The fourth-order valence-electron chi connectivity index (χ4n) is 3.53. The number of aromatic nitrogens is 3. The maximum Gasteiger partial charge on any atom is 0.141 e. The highest BCUT2D eigenvalue weighted by atomic mass is 19.1. The largest absolute Gasteiger partial charge is 0.388 e. The molecule has 8 heteroatoms. The van der Waals surface area contributed by atoms with Gasteiger partial charge in [0.2, 0.25) is 0 Å². The number of aliphatic hydroxyl groups excluding tert-OH is 3. The zero-order valence-electron chi connectivity index (χ0n) is 15.1. The normalized spacial score (nSPS) is 24.2. The van der Waals surface area contributed by atoms with Crippen molar-refractivity contribution in [2.45, 2.75) is 43.9 Å². The summed E-state index contributed by atoms with van der Waals surface area (Å²) in [4.78, 5) is 10.6. The molecule has 1 fully saturated rings. The molecule has 1 saturated heterocycles. The number of nitrogens with one attached hydrogen (secondary N) is 1. The van der Waals surface area contributed by atoms with Gasteiger partial charge in [0.15, 0.2) is 0 Å². The molecule has 0 radical (unpaired) electrons. The minimum atomic E-state index is -1.02. The van der Waals surface area contributed by atoms with E-state index in [-0.39, 0.29) is 6.61 Å². The molecule has 0 spiro atoms. The molecule has 5 rings (SSSR count). The van der Waals surface area contributed by atoms with E-state index >= 15 is 0 Å². The molecule has 148 valence electrons. The number of nitrogens with zero attached hydrogens (tertiary/aromatic N) is 2. The fraction of sp³-hybridized carbons (Fsp3) is 0.400. The van der Waals surface area contributed by atoms with Gasteiger partial charge in [-0.05, 0) is 35.6 Å². The number of hydrogen-bond acceptors (Lipinski definition) is 6. The Balaban J connectivity index is 0.000000151. The van der Waals surface area contributed by atoms with Gasteiger partial charge in [-0.25, -0.2) is 14.4 Å². The Bertz CT molecular complexity index is 964. The lowest BCUT2D eigenvalue weighted by Gasteiger charge is -2.25. The number of alkyl halides is 1. The van der Waals surface area contributed by atoms with Gasteiger partial charge >= 0.3 is 0 Å². The summed E-state index contributed by atoms with van der Waals surface area (Å²) in [6, 6.07) is 7.60. The maximum atomic E-state index is 12.2. The van der Waals surface area contributed by atoms with Crippen LogP contribution in [0.4, 0.5) is 4.39 Å². The number of rotatable bonds is 3. The molecule has 4 N–H and O–H groups in total. The van der Waals surface area contributed by atoms with Crippen molar-refractivity contribution in [3.05, 3.63) is 59.2 Å². The van der Waals surface area contributed by atoms with Crippen molar-refractivity contribution in [2.75, 3.05) is 6.61 Å². The molecule has 4 atom stereocenters. The molecular weight excluding hydrogens is 365 g/mol. The van der Waals surface area contributed by atoms with Gasteiger partial charge in [-0.15, -0.1) is 0 Å². The molecule has 1 aliphatic carbocycles. The van der Waals surface area contributed by atoms with E-state index in [1.807, 2.05) is 18.2 Å². The van der Waals surface area contributed by atoms with Gasteiger partial charge in [-0.2, -0.15) is 0 Å². The quantitative estimate of drug-likeness (QED) is 0.540. The predicted molar refractivity (Wildman–Crippen MR) is 99.3 cm³/mol. The molecule has 2 aliphatic rings. The van der Waals surface area contributed by atoms with Crippen LogP contribution < -0.4 is 0 Å². The number of fused-ring (bicyclic) bond motifs is 2.